The van der Waals surface area contributed by atoms with E-state index in [0.29, 0.717) is 24.0 Å². The van der Waals surface area contributed by atoms with Gasteiger partial charge in [-0.15, -0.1) is 0 Å². The molecule has 0 radical (unpaired) electrons. The first-order chi connectivity index (χ1) is 15.8. The number of fused-ring (bicyclic) bond motifs is 1. The second kappa shape index (κ2) is 10.8. The van der Waals surface area contributed by atoms with Gasteiger partial charge in [0.25, 0.3) is 0 Å². The highest BCUT2D eigenvalue weighted by molar-refractivity contribution is 5.87. The lowest BCUT2D eigenvalue weighted by Gasteiger charge is -2.20. The first-order valence-corrected chi connectivity index (χ1v) is 11.0. The number of esters is 1. The van der Waals surface area contributed by atoms with Crippen LogP contribution in [0.15, 0.2) is 57.7 Å². The van der Waals surface area contributed by atoms with E-state index in [4.69, 9.17) is 13.9 Å². The number of benzene rings is 2. The molecular formula is C26H29NO6. The molecule has 0 spiro atoms. The third kappa shape index (κ3) is 6.22. The zero-order valence-corrected chi connectivity index (χ0v) is 19.3. The minimum Gasteiger partial charge on any atom is -0.445 e. The average molecular weight is 452 g/mol. The lowest BCUT2D eigenvalue weighted by Crippen LogP contribution is -2.44. The number of hydrogen-bond acceptors (Lipinski definition) is 6. The second-order valence-electron chi connectivity index (χ2n) is 8.32. The van der Waals surface area contributed by atoms with Crippen LogP contribution < -0.4 is 15.7 Å². The van der Waals surface area contributed by atoms with E-state index in [9.17, 15) is 14.4 Å². The summed E-state index contributed by atoms with van der Waals surface area (Å²) in [6.07, 6.45) is 0.350. The topological polar surface area (TPSA) is 94.8 Å². The number of carbonyl (C=O) groups excluding carboxylic acids is 2. The molecule has 0 aliphatic carbocycles. The number of nitrogens with one attached hydrogen (secondary N) is 1. The van der Waals surface area contributed by atoms with Crippen molar-refractivity contribution in [3.8, 4) is 5.75 Å². The van der Waals surface area contributed by atoms with Crippen molar-refractivity contribution >= 4 is 23.0 Å². The molecule has 0 fully saturated rings. The Morgan fingerprint density at radius 1 is 1.09 bits per heavy atom. The summed E-state index contributed by atoms with van der Waals surface area (Å²) in [7, 11) is 0. The van der Waals surface area contributed by atoms with Crippen molar-refractivity contribution in [3.05, 3.63) is 75.6 Å². The third-order valence-corrected chi connectivity index (χ3v) is 5.28. The quantitative estimate of drug-likeness (QED) is 0.297. The molecule has 1 heterocycles. The zero-order valence-electron chi connectivity index (χ0n) is 19.3. The molecule has 0 aliphatic heterocycles. The SMILES string of the molecule is CCc1cc(=O)oc2c(C)c(OC(=O)[C@@H](CC(C)C)NC(=O)OCc3ccccc3)ccc12. The van der Waals surface area contributed by atoms with Crippen LogP contribution >= 0.6 is 0 Å². The van der Waals surface area contributed by atoms with Crippen LogP contribution in [0.2, 0.25) is 0 Å². The predicted molar refractivity (Wildman–Crippen MR) is 125 cm³/mol. The summed E-state index contributed by atoms with van der Waals surface area (Å²) >= 11 is 0. The molecule has 2 aromatic carbocycles. The van der Waals surface area contributed by atoms with E-state index in [1.165, 1.54) is 6.07 Å². The molecule has 7 nitrogen and oxygen atoms in total. The molecule has 0 aliphatic rings. The van der Waals surface area contributed by atoms with Gasteiger partial charge in [-0.2, -0.15) is 0 Å². The number of amides is 1. The van der Waals surface area contributed by atoms with Crippen molar-refractivity contribution in [2.75, 3.05) is 0 Å². The van der Waals surface area contributed by atoms with E-state index in [1.807, 2.05) is 51.1 Å². The number of alkyl carbamates (subject to hydrolysis) is 1. The first kappa shape index (κ1) is 24.0. The maximum Gasteiger partial charge on any atom is 0.408 e. The number of aryl methyl sites for hydroxylation is 2. The monoisotopic (exact) mass is 451 g/mol. The van der Waals surface area contributed by atoms with E-state index in [1.54, 1.807) is 19.1 Å². The Balaban J connectivity index is 1.75. The van der Waals surface area contributed by atoms with E-state index >= 15 is 0 Å². The highest BCUT2D eigenvalue weighted by Gasteiger charge is 2.26. The molecule has 3 rings (SSSR count). The average Bonchev–Trinajstić information content (AvgIpc) is 2.79. The van der Waals surface area contributed by atoms with Crippen LogP contribution in [-0.4, -0.2) is 18.1 Å². The Morgan fingerprint density at radius 2 is 1.82 bits per heavy atom. The van der Waals surface area contributed by atoms with Crippen LogP contribution in [0.25, 0.3) is 11.0 Å². The highest BCUT2D eigenvalue weighted by atomic mass is 16.6. The lowest BCUT2D eigenvalue weighted by molar-refractivity contribution is -0.137. The van der Waals surface area contributed by atoms with Gasteiger partial charge >= 0.3 is 17.7 Å². The van der Waals surface area contributed by atoms with Crippen LogP contribution in [0.4, 0.5) is 4.79 Å². The van der Waals surface area contributed by atoms with Crippen LogP contribution in [0, 0.1) is 12.8 Å². The summed E-state index contributed by atoms with van der Waals surface area (Å²) in [4.78, 5) is 37.2. The van der Waals surface area contributed by atoms with Gasteiger partial charge in [0.05, 0.1) is 0 Å². The summed E-state index contributed by atoms with van der Waals surface area (Å²) in [6.45, 7) is 7.67. The Hall–Kier alpha value is -3.61. The zero-order chi connectivity index (χ0) is 24.0. The fourth-order valence-corrected chi connectivity index (χ4v) is 3.58. The molecule has 1 aromatic heterocycles. The summed E-state index contributed by atoms with van der Waals surface area (Å²) in [6, 6.07) is 13.3. The van der Waals surface area contributed by atoms with E-state index in [0.717, 1.165) is 16.5 Å². The molecule has 1 amide bonds. The molecule has 1 N–H and O–H groups in total. The van der Waals surface area contributed by atoms with Gasteiger partial charge in [-0.1, -0.05) is 51.1 Å². The maximum absolute atomic E-state index is 13.0. The molecule has 0 bridgehead atoms. The van der Waals surface area contributed by atoms with E-state index < -0.39 is 23.7 Å². The minimum atomic E-state index is -0.891. The van der Waals surface area contributed by atoms with Crippen LogP contribution in [0.3, 0.4) is 0 Å². The van der Waals surface area contributed by atoms with E-state index in [-0.39, 0.29) is 18.3 Å². The van der Waals surface area contributed by atoms with Crippen molar-refractivity contribution in [2.45, 2.75) is 53.2 Å². The first-order valence-electron chi connectivity index (χ1n) is 11.0. The Morgan fingerprint density at radius 3 is 2.48 bits per heavy atom. The molecule has 0 saturated heterocycles. The van der Waals surface area contributed by atoms with Gasteiger partial charge in [0.15, 0.2) is 0 Å². The molecular weight excluding hydrogens is 422 g/mol. The number of ether oxygens (including phenoxy) is 2. The number of carbonyl (C=O) groups is 2. The van der Waals surface area contributed by atoms with Gasteiger partial charge in [0, 0.05) is 17.0 Å². The largest absolute Gasteiger partial charge is 0.445 e. The Bertz CT molecular complexity index is 1180. The summed E-state index contributed by atoms with van der Waals surface area (Å²) in [5, 5.41) is 3.42. The summed E-state index contributed by atoms with van der Waals surface area (Å²) in [5.41, 5.74) is 2.19. The second-order valence-corrected chi connectivity index (χ2v) is 8.32. The summed E-state index contributed by atoms with van der Waals surface area (Å²) in [5.74, 6) is -0.214. The lowest BCUT2D eigenvalue weighted by atomic mass is 10.0. The van der Waals surface area contributed by atoms with Gasteiger partial charge in [0.1, 0.15) is 24.0 Å². The third-order valence-electron chi connectivity index (χ3n) is 5.28. The Kier molecular flexibility index (Phi) is 7.87. The number of rotatable bonds is 8. The number of hydrogen-bond donors (Lipinski definition) is 1. The fourth-order valence-electron chi connectivity index (χ4n) is 3.58. The Labute approximate surface area is 192 Å². The van der Waals surface area contributed by atoms with Crippen LogP contribution in [-0.2, 0) is 22.6 Å². The highest BCUT2D eigenvalue weighted by Crippen LogP contribution is 2.29. The fraction of sp³-hybridized carbons (Fsp3) is 0.346. The standard InChI is InChI=1S/C26H29NO6/c1-5-19-14-23(28)33-24-17(4)22(12-11-20(19)24)32-25(29)21(13-16(2)3)27-26(30)31-15-18-9-7-6-8-10-18/h6-12,14,16,21H,5,13,15H2,1-4H3,(H,27,30)/t21-/m1/s1. The predicted octanol–water partition coefficient (Wildman–Crippen LogP) is 4.91. The van der Waals surface area contributed by atoms with Crippen molar-refractivity contribution < 1.29 is 23.5 Å². The van der Waals surface area contributed by atoms with Crippen molar-refractivity contribution in [2.24, 2.45) is 5.92 Å². The molecule has 174 valence electrons. The van der Waals surface area contributed by atoms with Crippen molar-refractivity contribution in [1.82, 2.24) is 5.32 Å². The molecule has 33 heavy (non-hydrogen) atoms. The molecule has 1 atom stereocenters. The minimum absolute atomic E-state index is 0.0959. The van der Waals surface area contributed by atoms with Crippen LogP contribution in [0.5, 0.6) is 5.75 Å². The molecule has 7 heteroatoms. The van der Waals surface area contributed by atoms with Gasteiger partial charge in [-0.3, -0.25) is 0 Å². The van der Waals surface area contributed by atoms with Gasteiger partial charge < -0.3 is 19.2 Å². The van der Waals surface area contributed by atoms with Gasteiger partial charge in [-0.25, -0.2) is 14.4 Å². The molecule has 0 unspecified atom stereocenters. The van der Waals surface area contributed by atoms with Crippen molar-refractivity contribution in [1.29, 1.82) is 0 Å². The summed E-state index contributed by atoms with van der Waals surface area (Å²) < 4.78 is 16.3. The smallest absolute Gasteiger partial charge is 0.408 e. The molecule has 0 saturated carbocycles. The van der Waals surface area contributed by atoms with Gasteiger partial charge in [-0.05, 0) is 48.9 Å². The molecule has 3 aromatic rings. The van der Waals surface area contributed by atoms with E-state index in [2.05, 4.69) is 5.32 Å². The van der Waals surface area contributed by atoms with Crippen LogP contribution in [0.1, 0.15) is 43.9 Å². The maximum atomic E-state index is 13.0. The van der Waals surface area contributed by atoms with Crippen molar-refractivity contribution in [3.63, 3.8) is 0 Å². The normalized spacial score (nSPS) is 11.9. The van der Waals surface area contributed by atoms with Gasteiger partial charge in [0.2, 0.25) is 0 Å².